The molecule has 2 aliphatic heterocycles. The minimum atomic E-state index is -0.777. The highest BCUT2D eigenvalue weighted by Crippen LogP contribution is 2.27. The van der Waals surface area contributed by atoms with Gasteiger partial charge < -0.3 is 15.5 Å². The van der Waals surface area contributed by atoms with Gasteiger partial charge in [0.05, 0.1) is 0 Å². The standard InChI is InChI=1S/C16H19F2N3O2.ClH/c17-11-4-1-5-12(18)15(11)21-8-6-13(16(21)23)20-14(22)9-10-3-2-7-19-10;/h1,4-5,10,13,19H,2-3,6-9H2,(H,20,22);1H. The lowest BCUT2D eigenvalue weighted by Crippen LogP contribution is -2.43. The number of rotatable bonds is 4. The molecule has 132 valence electrons. The van der Waals surface area contributed by atoms with Crippen LogP contribution in [0.4, 0.5) is 14.5 Å². The van der Waals surface area contributed by atoms with E-state index < -0.39 is 23.6 Å². The molecule has 2 atom stereocenters. The third kappa shape index (κ3) is 3.84. The lowest BCUT2D eigenvalue weighted by molar-refractivity contribution is -0.126. The highest BCUT2D eigenvalue weighted by Gasteiger charge is 2.36. The van der Waals surface area contributed by atoms with E-state index in [1.165, 1.54) is 6.07 Å². The Morgan fingerprint density at radius 1 is 1.29 bits per heavy atom. The number of carbonyl (C=O) groups is 2. The number of hydrogen-bond donors (Lipinski definition) is 2. The summed E-state index contributed by atoms with van der Waals surface area (Å²) in [5, 5.41) is 5.90. The number of benzene rings is 1. The van der Waals surface area contributed by atoms with E-state index in [2.05, 4.69) is 10.6 Å². The third-order valence-corrected chi connectivity index (χ3v) is 4.34. The zero-order valence-corrected chi connectivity index (χ0v) is 13.9. The van der Waals surface area contributed by atoms with Crippen molar-refractivity contribution in [1.82, 2.24) is 10.6 Å². The number of hydrogen-bond acceptors (Lipinski definition) is 3. The third-order valence-electron chi connectivity index (χ3n) is 4.34. The maximum Gasteiger partial charge on any atom is 0.249 e. The number of para-hydroxylation sites is 1. The summed E-state index contributed by atoms with van der Waals surface area (Å²) in [4.78, 5) is 25.4. The van der Waals surface area contributed by atoms with Crippen LogP contribution in [0, 0.1) is 11.6 Å². The average Bonchev–Trinajstić information content (AvgIpc) is 3.12. The molecular weight excluding hydrogens is 340 g/mol. The Balaban J connectivity index is 0.00000208. The monoisotopic (exact) mass is 359 g/mol. The Bertz CT molecular complexity index is 603. The van der Waals surface area contributed by atoms with Crippen molar-refractivity contribution in [3.63, 3.8) is 0 Å². The van der Waals surface area contributed by atoms with E-state index in [0.717, 1.165) is 36.4 Å². The molecule has 2 saturated heterocycles. The molecule has 0 aromatic heterocycles. The number of carbonyl (C=O) groups excluding carboxylic acids is 2. The van der Waals surface area contributed by atoms with Gasteiger partial charge in [-0.05, 0) is 37.9 Å². The van der Waals surface area contributed by atoms with Crippen LogP contribution in [-0.4, -0.2) is 37.0 Å². The summed E-state index contributed by atoms with van der Waals surface area (Å²) in [6.07, 6.45) is 2.65. The summed E-state index contributed by atoms with van der Waals surface area (Å²) < 4.78 is 27.6. The second-order valence-corrected chi connectivity index (χ2v) is 5.97. The lowest BCUT2D eigenvalue weighted by Gasteiger charge is -2.19. The van der Waals surface area contributed by atoms with Crippen LogP contribution < -0.4 is 15.5 Å². The molecule has 3 rings (SSSR count). The number of halogens is 3. The largest absolute Gasteiger partial charge is 0.344 e. The summed E-state index contributed by atoms with van der Waals surface area (Å²) in [6.45, 7) is 1.09. The van der Waals surface area contributed by atoms with Crippen LogP contribution >= 0.6 is 12.4 Å². The summed E-state index contributed by atoms with van der Waals surface area (Å²) in [5.74, 6) is -2.23. The molecule has 0 spiro atoms. The van der Waals surface area contributed by atoms with Crippen LogP contribution in [0.2, 0.25) is 0 Å². The smallest absolute Gasteiger partial charge is 0.249 e. The van der Waals surface area contributed by atoms with E-state index in [-0.39, 0.29) is 36.6 Å². The zero-order valence-electron chi connectivity index (χ0n) is 13.1. The summed E-state index contributed by atoms with van der Waals surface area (Å²) in [5.41, 5.74) is -0.341. The maximum atomic E-state index is 13.8. The van der Waals surface area contributed by atoms with Gasteiger partial charge in [0.1, 0.15) is 23.4 Å². The molecular formula is C16H20ClF2N3O2. The molecule has 1 aromatic carbocycles. The van der Waals surface area contributed by atoms with Gasteiger partial charge >= 0.3 is 0 Å². The van der Waals surface area contributed by atoms with Gasteiger partial charge in [-0.3, -0.25) is 9.59 Å². The van der Waals surface area contributed by atoms with E-state index in [9.17, 15) is 18.4 Å². The van der Waals surface area contributed by atoms with Crippen molar-refractivity contribution in [2.75, 3.05) is 18.0 Å². The van der Waals surface area contributed by atoms with E-state index >= 15 is 0 Å². The summed E-state index contributed by atoms with van der Waals surface area (Å²) in [7, 11) is 0. The molecule has 2 N–H and O–H groups in total. The van der Waals surface area contributed by atoms with Crippen LogP contribution in [-0.2, 0) is 9.59 Å². The SMILES string of the molecule is Cl.O=C(CC1CCCN1)NC1CCN(c2c(F)cccc2F)C1=O. The Morgan fingerprint density at radius 2 is 2.00 bits per heavy atom. The van der Waals surface area contributed by atoms with Crippen LogP contribution in [0.1, 0.15) is 25.7 Å². The quantitative estimate of drug-likeness (QED) is 0.861. The topological polar surface area (TPSA) is 61.4 Å². The molecule has 2 unspecified atom stereocenters. The van der Waals surface area contributed by atoms with Crippen LogP contribution in [0.25, 0.3) is 0 Å². The zero-order chi connectivity index (χ0) is 16.4. The molecule has 0 bridgehead atoms. The van der Waals surface area contributed by atoms with Gasteiger partial charge in [-0.2, -0.15) is 0 Å². The number of nitrogens with zero attached hydrogens (tertiary/aromatic N) is 1. The molecule has 2 heterocycles. The van der Waals surface area contributed by atoms with Gasteiger partial charge in [-0.1, -0.05) is 6.07 Å². The van der Waals surface area contributed by atoms with Gasteiger partial charge in [-0.15, -0.1) is 12.4 Å². The molecule has 5 nitrogen and oxygen atoms in total. The molecule has 0 aliphatic carbocycles. The van der Waals surface area contributed by atoms with Gasteiger partial charge in [0.15, 0.2) is 0 Å². The van der Waals surface area contributed by atoms with Crippen molar-refractivity contribution in [3.05, 3.63) is 29.8 Å². The normalized spacial score (nSPS) is 23.2. The highest BCUT2D eigenvalue weighted by atomic mass is 35.5. The Labute approximate surface area is 145 Å². The van der Waals surface area contributed by atoms with Crippen molar-refractivity contribution in [1.29, 1.82) is 0 Å². The molecule has 1 aromatic rings. The van der Waals surface area contributed by atoms with E-state index in [1.807, 2.05) is 0 Å². The molecule has 24 heavy (non-hydrogen) atoms. The van der Waals surface area contributed by atoms with E-state index in [1.54, 1.807) is 0 Å². The molecule has 2 aliphatic rings. The summed E-state index contributed by atoms with van der Waals surface area (Å²) >= 11 is 0. The predicted molar refractivity (Wildman–Crippen MR) is 88.1 cm³/mol. The minimum absolute atomic E-state index is 0. The molecule has 8 heteroatoms. The van der Waals surface area contributed by atoms with Crippen molar-refractivity contribution >= 4 is 29.9 Å². The number of amides is 2. The van der Waals surface area contributed by atoms with E-state index in [4.69, 9.17) is 0 Å². The second-order valence-electron chi connectivity index (χ2n) is 5.97. The first kappa shape index (κ1) is 18.6. The van der Waals surface area contributed by atoms with E-state index in [0.29, 0.717) is 12.8 Å². The first-order valence-electron chi connectivity index (χ1n) is 7.84. The van der Waals surface area contributed by atoms with Crippen molar-refractivity contribution in [2.45, 2.75) is 37.8 Å². The van der Waals surface area contributed by atoms with Crippen molar-refractivity contribution in [2.24, 2.45) is 0 Å². The average molecular weight is 360 g/mol. The Hall–Kier alpha value is -1.73. The first-order chi connectivity index (χ1) is 11.1. The van der Waals surface area contributed by atoms with Crippen LogP contribution in [0.3, 0.4) is 0 Å². The van der Waals surface area contributed by atoms with Crippen molar-refractivity contribution in [3.8, 4) is 0 Å². The fourth-order valence-corrected chi connectivity index (χ4v) is 3.19. The molecule has 0 radical (unpaired) electrons. The number of anilines is 1. The van der Waals surface area contributed by atoms with Crippen LogP contribution in [0.15, 0.2) is 18.2 Å². The minimum Gasteiger partial charge on any atom is -0.344 e. The fraction of sp³-hybridized carbons (Fsp3) is 0.500. The predicted octanol–water partition coefficient (Wildman–Crippen LogP) is 1.75. The van der Waals surface area contributed by atoms with Gasteiger partial charge in [0.25, 0.3) is 0 Å². The second kappa shape index (κ2) is 7.90. The maximum absolute atomic E-state index is 13.8. The lowest BCUT2D eigenvalue weighted by atomic mass is 10.1. The molecule has 0 saturated carbocycles. The van der Waals surface area contributed by atoms with Gasteiger partial charge in [-0.25, -0.2) is 8.78 Å². The number of nitrogens with one attached hydrogen (secondary N) is 2. The highest BCUT2D eigenvalue weighted by molar-refractivity contribution is 6.01. The van der Waals surface area contributed by atoms with Crippen molar-refractivity contribution < 1.29 is 18.4 Å². The van der Waals surface area contributed by atoms with Crippen LogP contribution in [0.5, 0.6) is 0 Å². The summed E-state index contributed by atoms with van der Waals surface area (Å²) in [6, 6.07) is 2.91. The van der Waals surface area contributed by atoms with Gasteiger partial charge in [0, 0.05) is 19.0 Å². The Kier molecular flexibility index (Phi) is 6.12. The Morgan fingerprint density at radius 3 is 2.62 bits per heavy atom. The molecule has 2 fully saturated rings. The van der Waals surface area contributed by atoms with Gasteiger partial charge in [0.2, 0.25) is 11.8 Å². The molecule has 2 amide bonds. The fourth-order valence-electron chi connectivity index (χ4n) is 3.19. The first-order valence-corrected chi connectivity index (χ1v) is 7.84.